The Kier molecular flexibility index (Phi) is 34.7. The first-order valence-electron chi connectivity index (χ1n) is 23.1. The van der Waals surface area contributed by atoms with E-state index in [4.69, 9.17) is 9.47 Å². The molecule has 1 aliphatic rings. The maximum absolute atomic E-state index is 12.9. The van der Waals surface area contributed by atoms with Crippen LogP contribution >= 0.6 is 0 Å². The zero-order valence-electron chi connectivity index (χ0n) is 35.4. The molecule has 6 N–H and O–H groups in total. The number of amides is 1. The summed E-state index contributed by atoms with van der Waals surface area (Å²) in [7, 11) is 0. The zero-order chi connectivity index (χ0) is 40.2. The molecule has 0 spiro atoms. The summed E-state index contributed by atoms with van der Waals surface area (Å²) in [6, 6.07) is -0.801. The van der Waals surface area contributed by atoms with E-state index in [9.17, 15) is 30.3 Å². The molecule has 0 bridgehead atoms. The van der Waals surface area contributed by atoms with Crippen molar-refractivity contribution in [2.24, 2.45) is 0 Å². The third-order valence-electron chi connectivity index (χ3n) is 11.0. The molecule has 9 heteroatoms. The highest BCUT2D eigenvalue weighted by Crippen LogP contribution is 2.22. The lowest BCUT2D eigenvalue weighted by Gasteiger charge is -2.40. The summed E-state index contributed by atoms with van der Waals surface area (Å²) < 4.78 is 11.2. The van der Waals surface area contributed by atoms with E-state index in [2.05, 4.69) is 31.3 Å². The molecule has 324 valence electrons. The average molecular weight is 782 g/mol. The summed E-state index contributed by atoms with van der Waals surface area (Å²) >= 11 is 0. The van der Waals surface area contributed by atoms with Gasteiger partial charge in [0, 0.05) is 6.42 Å². The van der Waals surface area contributed by atoms with Crippen molar-refractivity contribution in [3.05, 3.63) is 24.3 Å². The Hall–Kier alpha value is -1.33. The summed E-state index contributed by atoms with van der Waals surface area (Å²) in [6.45, 7) is 3.76. The van der Waals surface area contributed by atoms with Crippen LogP contribution in [-0.2, 0) is 14.3 Å². The topological polar surface area (TPSA) is 149 Å². The Morgan fingerprint density at radius 3 is 1.47 bits per heavy atom. The fourth-order valence-electron chi connectivity index (χ4n) is 7.27. The molecule has 0 aliphatic carbocycles. The maximum atomic E-state index is 12.9. The fraction of sp³-hybridized carbons (Fsp3) is 0.891. The normalized spacial score (nSPS) is 21.5. The third-order valence-corrected chi connectivity index (χ3v) is 11.0. The number of hydrogen-bond acceptors (Lipinski definition) is 8. The quantitative estimate of drug-likeness (QED) is 0.0268. The van der Waals surface area contributed by atoms with Gasteiger partial charge < -0.3 is 40.3 Å². The van der Waals surface area contributed by atoms with Gasteiger partial charge >= 0.3 is 0 Å². The van der Waals surface area contributed by atoms with Gasteiger partial charge in [-0.25, -0.2) is 0 Å². The van der Waals surface area contributed by atoms with E-state index in [0.717, 1.165) is 38.5 Å². The predicted octanol–water partition coefficient (Wildman–Crippen LogP) is 9.50. The SMILES string of the molecule is CCCCCCCCCC/C=C\CCCCCCCCCCCC(=O)NC(COC1OC(CO)C(O)C(O)C1O)C(O)/C=C/CCCCCCCCCCC. The van der Waals surface area contributed by atoms with Crippen molar-refractivity contribution in [1.82, 2.24) is 5.32 Å². The number of aliphatic hydroxyl groups excluding tert-OH is 5. The standard InChI is InChI=1S/C46H87NO8/c1-3-5-7-9-11-13-15-16-17-18-19-20-21-22-23-24-26-28-30-32-34-36-42(50)47-39(38-54-46-45(53)44(52)43(51)41(37-48)55-46)40(49)35-33-31-29-27-25-14-12-10-8-6-4-2/h18-19,33,35,39-41,43-46,48-49,51-53H,3-17,20-32,34,36-38H2,1-2H3,(H,47,50)/b19-18-,35-33+. The van der Waals surface area contributed by atoms with Crippen LogP contribution in [0.15, 0.2) is 24.3 Å². The molecule has 0 aromatic heterocycles. The van der Waals surface area contributed by atoms with Crippen LogP contribution in [0.4, 0.5) is 0 Å². The van der Waals surface area contributed by atoms with Crippen molar-refractivity contribution in [3.8, 4) is 0 Å². The molecule has 1 heterocycles. The number of rotatable bonds is 38. The second-order valence-corrected chi connectivity index (χ2v) is 16.2. The fourth-order valence-corrected chi connectivity index (χ4v) is 7.27. The second-order valence-electron chi connectivity index (χ2n) is 16.2. The van der Waals surface area contributed by atoms with Crippen LogP contribution in [0, 0.1) is 0 Å². The highest BCUT2D eigenvalue weighted by molar-refractivity contribution is 5.76. The summed E-state index contributed by atoms with van der Waals surface area (Å²) in [5, 5.41) is 54.1. The molecule has 0 aromatic rings. The molecule has 1 amide bonds. The van der Waals surface area contributed by atoms with Gasteiger partial charge in [-0.2, -0.15) is 0 Å². The lowest BCUT2D eigenvalue weighted by molar-refractivity contribution is -0.302. The Balaban J connectivity index is 2.30. The van der Waals surface area contributed by atoms with E-state index in [1.54, 1.807) is 6.08 Å². The van der Waals surface area contributed by atoms with Crippen molar-refractivity contribution in [2.75, 3.05) is 13.2 Å². The largest absolute Gasteiger partial charge is 0.394 e. The van der Waals surface area contributed by atoms with Crippen LogP contribution in [0.3, 0.4) is 0 Å². The molecule has 0 aromatic carbocycles. The first-order valence-corrected chi connectivity index (χ1v) is 23.1. The number of hydrogen-bond donors (Lipinski definition) is 6. The lowest BCUT2D eigenvalue weighted by atomic mass is 9.99. The number of ether oxygens (including phenoxy) is 2. The molecule has 0 radical (unpaired) electrons. The van der Waals surface area contributed by atoms with Crippen LogP contribution in [0.25, 0.3) is 0 Å². The van der Waals surface area contributed by atoms with Gasteiger partial charge in [-0.15, -0.1) is 0 Å². The second kappa shape index (κ2) is 37.0. The molecular formula is C46H87NO8. The summed E-state index contributed by atoms with van der Waals surface area (Å²) in [5.41, 5.74) is 0. The minimum absolute atomic E-state index is 0.180. The Labute approximate surface area is 337 Å². The molecule has 1 saturated heterocycles. The third kappa shape index (κ3) is 27.9. The zero-order valence-corrected chi connectivity index (χ0v) is 35.4. The van der Waals surface area contributed by atoms with Gasteiger partial charge in [0.05, 0.1) is 25.4 Å². The number of aliphatic hydroxyl groups is 5. The minimum Gasteiger partial charge on any atom is -0.394 e. The molecule has 0 saturated carbocycles. The van der Waals surface area contributed by atoms with Crippen molar-refractivity contribution < 1.29 is 39.8 Å². The molecule has 7 unspecified atom stereocenters. The summed E-state index contributed by atoms with van der Waals surface area (Å²) in [6.07, 6.45) is 36.5. The highest BCUT2D eigenvalue weighted by atomic mass is 16.7. The first-order chi connectivity index (χ1) is 26.8. The van der Waals surface area contributed by atoms with Gasteiger partial charge in [0.2, 0.25) is 5.91 Å². The number of nitrogens with one attached hydrogen (secondary N) is 1. The highest BCUT2D eigenvalue weighted by Gasteiger charge is 2.44. The molecule has 55 heavy (non-hydrogen) atoms. The van der Waals surface area contributed by atoms with E-state index in [1.807, 2.05) is 6.08 Å². The number of carbonyl (C=O) groups excluding carboxylic acids is 1. The van der Waals surface area contributed by atoms with E-state index < -0.39 is 49.5 Å². The number of unbranched alkanes of at least 4 members (excludes halogenated alkanes) is 26. The Bertz CT molecular complexity index is 914. The predicted molar refractivity (Wildman–Crippen MR) is 226 cm³/mol. The molecule has 1 fully saturated rings. The van der Waals surface area contributed by atoms with Crippen LogP contribution in [0.2, 0.25) is 0 Å². The number of carbonyl (C=O) groups is 1. The van der Waals surface area contributed by atoms with Gasteiger partial charge in [-0.3, -0.25) is 4.79 Å². The smallest absolute Gasteiger partial charge is 0.220 e. The molecule has 9 nitrogen and oxygen atoms in total. The van der Waals surface area contributed by atoms with Crippen LogP contribution in [0.5, 0.6) is 0 Å². The average Bonchev–Trinajstić information content (AvgIpc) is 3.18. The van der Waals surface area contributed by atoms with Gasteiger partial charge in [0.15, 0.2) is 6.29 Å². The van der Waals surface area contributed by atoms with Gasteiger partial charge in [0.1, 0.15) is 24.4 Å². The molecular weight excluding hydrogens is 695 g/mol. The number of allylic oxidation sites excluding steroid dienone is 3. The van der Waals surface area contributed by atoms with Gasteiger partial charge in [0.25, 0.3) is 0 Å². The minimum atomic E-state index is -1.56. The molecule has 1 aliphatic heterocycles. The lowest BCUT2D eigenvalue weighted by Crippen LogP contribution is -2.60. The van der Waals surface area contributed by atoms with Gasteiger partial charge in [-0.1, -0.05) is 179 Å². The van der Waals surface area contributed by atoms with Crippen LogP contribution < -0.4 is 5.32 Å². The van der Waals surface area contributed by atoms with E-state index in [-0.39, 0.29) is 12.5 Å². The Morgan fingerprint density at radius 1 is 0.600 bits per heavy atom. The van der Waals surface area contributed by atoms with E-state index in [0.29, 0.717) is 6.42 Å². The Morgan fingerprint density at radius 2 is 1.02 bits per heavy atom. The summed E-state index contributed by atoms with van der Waals surface area (Å²) in [4.78, 5) is 12.9. The van der Waals surface area contributed by atoms with E-state index in [1.165, 1.54) is 148 Å². The summed E-state index contributed by atoms with van der Waals surface area (Å²) in [5.74, 6) is -0.180. The first kappa shape index (κ1) is 51.7. The van der Waals surface area contributed by atoms with Crippen molar-refractivity contribution >= 4 is 5.91 Å². The van der Waals surface area contributed by atoms with Crippen molar-refractivity contribution in [1.29, 1.82) is 0 Å². The molecule has 1 rings (SSSR count). The monoisotopic (exact) mass is 782 g/mol. The maximum Gasteiger partial charge on any atom is 0.220 e. The molecule has 7 atom stereocenters. The van der Waals surface area contributed by atoms with Crippen molar-refractivity contribution in [3.63, 3.8) is 0 Å². The van der Waals surface area contributed by atoms with Crippen molar-refractivity contribution in [2.45, 2.75) is 249 Å². The van der Waals surface area contributed by atoms with E-state index >= 15 is 0 Å². The van der Waals surface area contributed by atoms with Crippen LogP contribution in [-0.4, -0.2) is 87.5 Å². The van der Waals surface area contributed by atoms with Gasteiger partial charge in [-0.05, 0) is 44.9 Å². The van der Waals surface area contributed by atoms with Crippen LogP contribution in [0.1, 0.15) is 206 Å².